The highest BCUT2D eigenvalue weighted by Crippen LogP contribution is 2.29. The molecular formula is C14H24N2O2+2. The smallest absolute Gasteiger partial charge is 0.163 e. The molecule has 4 nitrogen and oxygen atoms in total. The van der Waals surface area contributed by atoms with E-state index in [4.69, 9.17) is 9.47 Å². The molecule has 0 unspecified atom stereocenters. The van der Waals surface area contributed by atoms with Crippen LogP contribution in [0.5, 0.6) is 11.5 Å². The summed E-state index contributed by atoms with van der Waals surface area (Å²) in [6.45, 7) is 3.44. The second kappa shape index (κ2) is 6.07. The van der Waals surface area contributed by atoms with Crippen LogP contribution < -0.4 is 20.1 Å². The van der Waals surface area contributed by atoms with E-state index in [-0.39, 0.29) is 0 Å². The summed E-state index contributed by atoms with van der Waals surface area (Å²) in [5, 5.41) is 0. The summed E-state index contributed by atoms with van der Waals surface area (Å²) in [4.78, 5) is 1.65. The summed E-state index contributed by atoms with van der Waals surface area (Å²) in [7, 11) is 3.35. The van der Waals surface area contributed by atoms with Gasteiger partial charge in [-0.3, -0.25) is 0 Å². The second-order valence-electron chi connectivity index (χ2n) is 4.82. The van der Waals surface area contributed by atoms with Gasteiger partial charge in [-0.2, -0.15) is 0 Å². The Balaban J connectivity index is 2.24. The number of rotatable bonds is 5. The zero-order valence-electron chi connectivity index (χ0n) is 11.4. The number of likely N-dealkylation sites (tertiary alicyclic amines) is 1. The highest BCUT2D eigenvalue weighted by molar-refractivity contribution is 5.43. The van der Waals surface area contributed by atoms with Crippen molar-refractivity contribution in [1.82, 2.24) is 0 Å². The first-order valence-electron chi connectivity index (χ1n) is 6.66. The molecule has 0 aliphatic carbocycles. The van der Waals surface area contributed by atoms with E-state index >= 15 is 0 Å². The summed E-state index contributed by atoms with van der Waals surface area (Å²) in [5.41, 5.74) is 5.42. The lowest BCUT2D eigenvalue weighted by Gasteiger charge is -2.22. The number of quaternary nitrogens is 2. The molecule has 0 amide bonds. The van der Waals surface area contributed by atoms with Crippen LogP contribution in [0.1, 0.15) is 24.4 Å². The fraction of sp³-hybridized carbons (Fsp3) is 0.571. The zero-order valence-corrected chi connectivity index (χ0v) is 11.4. The zero-order chi connectivity index (χ0) is 13.0. The average molecular weight is 252 g/mol. The molecule has 0 bridgehead atoms. The molecule has 1 atom stereocenters. The molecule has 1 aliphatic rings. The Hall–Kier alpha value is -1.26. The lowest BCUT2D eigenvalue weighted by atomic mass is 10.0. The van der Waals surface area contributed by atoms with Crippen molar-refractivity contribution in [2.24, 2.45) is 0 Å². The van der Waals surface area contributed by atoms with Gasteiger partial charge in [0.25, 0.3) is 0 Å². The molecule has 1 fully saturated rings. The third-order valence-corrected chi connectivity index (χ3v) is 3.84. The molecule has 1 aliphatic heterocycles. The monoisotopic (exact) mass is 252 g/mol. The third-order valence-electron chi connectivity index (χ3n) is 3.84. The van der Waals surface area contributed by atoms with Crippen LogP contribution in [-0.2, 0) is 0 Å². The van der Waals surface area contributed by atoms with Crippen molar-refractivity contribution >= 4 is 0 Å². The number of nitrogens with one attached hydrogen (secondary N) is 1. The topological polar surface area (TPSA) is 50.5 Å². The molecule has 0 aromatic heterocycles. The molecule has 1 aromatic carbocycles. The van der Waals surface area contributed by atoms with Crippen molar-refractivity contribution in [1.29, 1.82) is 0 Å². The van der Waals surface area contributed by atoms with Gasteiger partial charge in [0, 0.05) is 18.4 Å². The maximum atomic E-state index is 5.38. The summed E-state index contributed by atoms with van der Waals surface area (Å²) in [5.74, 6) is 1.60. The van der Waals surface area contributed by atoms with Gasteiger partial charge in [-0.15, -0.1) is 0 Å². The Bertz CT molecular complexity index is 389. The number of methoxy groups -OCH3 is 2. The third kappa shape index (κ3) is 2.60. The van der Waals surface area contributed by atoms with Gasteiger partial charge in [0.2, 0.25) is 0 Å². The van der Waals surface area contributed by atoms with Gasteiger partial charge in [-0.1, -0.05) is 0 Å². The van der Waals surface area contributed by atoms with Crippen molar-refractivity contribution in [3.8, 4) is 11.5 Å². The van der Waals surface area contributed by atoms with Crippen LogP contribution >= 0.6 is 0 Å². The van der Waals surface area contributed by atoms with Gasteiger partial charge in [-0.05, 0) is 18.2 Å². The first-order valence-corrected chi connectivity index (χ1v) is 6.66. The standard InChI is InChI=1S/C14H22N2O2/c1-17-13-6-5-11(9-14(13)18-2)12(10-15)16-7-3-4-8-16/h5-6,9,12H,3-4,7-8,10,15H2,1-2H3/p+2/t12-/m1/s1. The Morgan fingerprint density at radius 2 is 1.83 bits per heavy atom. The highest BCUT2D eigenvalue weighted by Gasteiger charge is 2.28. The molecule has 100 valence electrons. The molecule has 18 heavy (non-hydrogen) atoms. The van der Waals surface area contributed by atoms with Gasteiger partial charge in [0.1, 0.15) is 6.54 Å². The minimum Gasteiger partial charge on any atom is -0.493 e. The second-order valence-corrected chi connectivity index (χ2v) is 4.82. The summed E-state index contributed by atoms with van der Waals surface area (Å²) < 4.78 is 10.7. The lowest BCUT2D eigenvalue weighted by Crippen LogP contribution is -3.11. The van der Waals surface area contributed by atoms with Crippen LogP contribution in [0, 0.1) is 0 Å². The quantitative estimate of drug-likeness (QED) is 0.753. The molecule has 1 heterocycles. The maximum Gasteiger partial charge on any atom is 0.163 e. The fourth-order valence-electron chi connectivity index (χ4n) is 2.85. The largest absolute Gasteiger partial charge is 0.493 e. The van der Waals surface area contributed by atoms with E-state index in [1.165, 1.54) is 31.5 Å². The highest BCUT2D eigenvalue weighted by atomic mass is 16.5. The minimum absolute atomic E-state index is 0.479. The van der Waals surface area contributed by atoms with E-state index in [0.29, 0.717) is 6.04 Å². The van der Waals surface area contributed by atoms with E-state index in [1.807, 2.05) is 6.07 Å². The fourth-order valence-corrected chi connectivity index (χ4v) is 2.85. The van der Waals surface area contributed by atoms with E-state index in [0.717, 1.165) is 18.0 Å². The van der Waals surface area contributed by atoms with E-state index in [2.05, 4.69) is 17.9 Å². The van der Waals surface area contributed by atoms with Crippen LogP contribution in [0.2, 0.25) is 0 Å². The number of benzene rings is 1. The predicted octanol–water partition coefficient (Wildman–Crippen LogP) is -0.334. The molecule has 1 saturated heterocycles. The van der Waals surface area contributed by atoms with Crippen molar-refractivity contribution in [3.63, 3.8) is 0 Å². The van der Waals surface area contributed by atoms with Gasteiger partial charge in [-0.25, -0.2) is 0 Å². The Kier molecular flexibility index (Phi) is 4.44. The predicted molar refractivity (Wildman–Crippen MR) is 70.0 cm³/mol. The molecule has 4 N–H and O–H groups in total. The van der Waals surface area contributed by atoms with E-state index in [1.54, 1.807) is 19.1 Å². The van der Waals surface area contributed by atoms with Gasteiger partial charge in [0.05, 0.1) is 27.3 Å². The lowest BCUT2D eigenvalue weighted by molar-refractivity contribution is -0.926. The van der Waals surface area contributed by atoms with Crippen LogP contribution in [0.15, 0.2) is 18.2 Å². The normalized spacial score (nSPS) is 17.7. The van der Waals surface area contributed by atoms with Gasteiger partial charge < -0.3 is 20.1 Å². The van der Waals surface area contributed by atoms with E-state index in [9.17, 15) is 0 Å². The molecule has 2 rings (SSSR count). The molecule has 0 radical (unpaired) electrons. The van der Waals surface area contributed by atoms with Crippen LogP contribution in [0.25, 0.3) is 0 Å². The average Bonchev–Trinajstić information content (AvgIpc) is 2.93. The number of hydrogen-bond acceptors (Lipinski definition) is 2. The van der Waals surface area contributed by atoms with E-state index < -0.39 is 0 Å². The molecule has 4 heteroatoms. The molecule has 0 spiro atoms. The number of hydrogen-bond donors (Lipinski definition) is 2. The first kappa shape index (κ1) is 13.2. The SMILES string of the molecule is COc1ccc([C@@H](C[NH3+])[NH+]2CCCC2)cc1OC. The van der Waals surface area contributed by atoms with Crippen LogP contribution in [0.4, 0.5) is 0 Å². The summed E-state index contributed by atoms with van der Waals surface area (Å²) in [6.07, 6.45) is 2.66. The van der Waals surface area contributed by atoms with Crippen LogP contribution in [0.3, 0.4) is 0 Å². The Morgan fingerprint density at radius 3 is 2.39 bits per heavy atom. The summed E-state index contributed by atoms with van der Waals surface area (Å²) in [6, 6.07) is 6.71. The number of ether oxygens (including phenoxy) is 2. The Labute approximate surface area is 109 Å². The first-order chi connectivity index (χ1) is 8.80. The maximum absolute atomic E-state index is 5.38. The minimum atomic E-state index is 0.479. The summed E-state index contributed by atoms with van der Waals surface area (Å²) >= 11 is 0. The molecule has 1 aromatic rings. The van der Waals surface area contributed by atoms with Crippen molar-refractivity contribution in [2.75, 3.05) is 33.9 Å². The van der Waals surface area contributed by atoms with Crippen LogP contribution in [-0.4, -0.2) is 33.9 Å². The van der Waals surface area contributed by atoms with Crippen molar-refractivity contribution < 1.29 is 20.1 Å². The Morgan fingerprint density at radius 1 is 1.17 bits per heavy atom. The van der Waals surface area contributed by atoms with Crippen molar-refractivity contribution in [3.05, 3.63) is 23.8 Å². The van der Waals surface area contributed by atoms with Gasteiger partial charge >= 0.3 is 0 Å². The van der Waals surface area contributed by atoms with Crippen molar-refractivity contribution in [2.45, 2.75) is 18.9 Å². The molecule has 0 saturated carbocycles. The van der Waals surface area contributed by atoms with Gasteiger partial charge in [0.15, 0.2) is 17.5 Å². The molecular weight excluding hydrogens is 228 g/mol.